The first kappa shape index (κ1) is 9.87. The van der Waals surface area contributed by atoms with Crippen LogP contribution in [0.15, 0.2) is 12.7 Å². The molecule has 0 amide bonds. The van der Waals surface area contributed by atoms with E-state index in [9.17, 15) is 9.59 Å². The van der Waals surface area contributed by atoms with E-state index in [1.807, 2.05) is 6.92 Å². The van der Waals surface area contributed by atoms with Crippen molar-refractivity contribution < 1.29 is 19.1 Å². The lowest BCUT2D eigenvalue weighted by Gasteiger charge is -2.28. The van der Waals surface area contributed by atoms with Crippen molar-refractivity contribution in [1.29, 1.82) is 0 Å². The molecule has 2 saturated carbocycles. The number of hydrogen-bond donors (Lipinski definition) is 0. The van der Waals surface area contributed by atoms with Gasteiger partial charge in [0.1, 0.15) is 12.2 Å². The van der Waals surface area contributed by atoms with E-state index in [2.05, 4.69) is 6.58 Å². The number of hydrogen-bond acceptors (Lipinski definition) is 4. The van der Waals surface area contributed by atoms with Crippen molar-refractivity contribution in [2.45, 2.75) is 25.6 Å². The molecule has 3 aliphatic rings. The molecule has 0 aromatic rings. The van der Waals surface area contributed by atoms with Crippen LogP contribution < -0.4 is 0 Å². The van der Waals surface area contributed by atoms with Gasteiger partial charge in [-0.1, -0.05) is 13.5 Å². The van der Waals surface area contributed by atoms with E-state index < -0.39 is 5.97 Å². The summed E-state index contributed by atoms with van der Waals surface area (Å²) in [5.41, 5.74) is 0. The van der Waals surface area contributed by atoms with Crippen LogP contribution in [0.2, 0.25) is 0 Å². The summed E-state index contributed by atoms with van der Waals surface area (Å²) in [6.07, 6.45) is 1.64. The summed E-state index contributed by atoms with van der Waals surface area (Å²) in [4.78, 5) is 22.8. The normalized spacial score (nSPS) is 47.9. The average molecular weight is 222 g/mol. The third-order valence-corrected chi connectivity index (χ3v) is 4.36. The zero-order valence-electron chi connectivity index (χ0n) is 9.09. The molecule has 0 aromatic heterocycles. The molecule has 2 aliphatic carbocycles. The van der Waals surface area contributed by atoms with Gasteiger partial charge < -0.3 is 9.47 Å². The van der Waals surface area contributed by atoms with Crippen molar-refractivity contribution in [2.75, 3.05) is 0 Å². The number of carbonyl (C=O) groups excluding carboxylic acids is 2. The molecule has 4 heteroatoms. The van der Waals surface area contributed by atoms with Crippen LogP contribution in [0.4, 0.5) is 0 Å². The van der Waals surface area contributed by atoms with Gasteiger partial charge >= 0.3 is 11.9 Å². The molecule has 3 fully saturated rings. The molecule has 0 radical (unpaired) electrons. The van der Waals surface area contributed by atoms with Gasteiger partial charge in [-0.25, -0.2) is 4.79 Å². The number of ether oxygens (including phenoxy) is 2. The van der Waals surface area contributed by atoms with E-state index in [1.54, 1.807) is 0 Å². The Morgan fingerprint density at radius 3 is 3.00 bits per heavy atom. The standard InChI is InChI=1S/C12H14O4/c1-3-8(13)15-10-6-4-7-9(5(6)2)12(14)16-11(7)10/h3,5-7,9-11H,1,4H2,2H3. The minimum absolute atomic E-state index is 0.0358. The monoisotopic (exact) mass is 222 g/mol. The Hall–Kier alpha value is -1.32. The highest BCUT2D eigenvalue weighted by Gasteiger charge is 2.66. The fourth-order valence-electron chi connectivity index (χ4n) is 3.68. The van der Waals surface area contributed by atoms with Crippen molar-refractivity contribution >= 4 is 11.9 Å². The Balaban J connectivity index is 1.86. The summed E-state index contributed by atoms with van der Waals surface area (Å²) in [5.74, 6) is 0.296. The van der Waals surface area contributed by atoms with Crippen LogP contribution in [0, 0.1) is 23.7 Å². The first-order valence-corrected chi connectivity index (χ1v) is 5.67. The first-order valence-electron chi connectivity index (χ1n) is 5.67. The predicted octanol–water partition coefficient (Wildman–Crippen LogP) is 0.912. The highest BCUT2D eigenvalue weighted by atomic mass is 16.6. The molecule has 3 rings (SSSR count). The average Bonchev–Trinajstić information content (AvgIpc) is 2.82. The maximum atomic E-state index is 11.6. The zero-order chi connectivity index (χ0) is 11.4. The fraction of sp³-hybridized carbons (Fsp3) is 0.667. The molecule has 1 saturated heterocycles. The van der Waals surface area contributed by atoms with Crippen LogP contribution in [0.5, 0.6) is 0 Å². The maximum Gasteiger partial charge on any atom is 0.330 e. The van der Waals surface area contributed by atoms with E-state index in [1.165, 1.54) is 0 Å². The smallest absolute Gasteiger partial charge is 0.330 e. The molecule has 1 aliphatic heterocycles. The van der Waals surface area contributed by atoms with Gasteiger partial charge in [0.05, 0.1) is 5.92 Å². The second-order valence-electron chi connectivity index (χ2n) is 4.96. The van der Waals surface area contributed by atoms with Crippen molar-refractivity contribution in [3.8, 4) is 0 Å². The van der Waals surface area contributed by atoms with Gasteiger partial charge in [-0.3, -0.25) is 4.79 Å². The van der Waals surface area contributed by atoms with Crippen molar-refractivity contribution in [1.82, 2.24) is 0 Å². The van der Waals surface area contributed by atoms with Gasteiger partial charge in [-0.15, -0.1) is 0 Å². The molecular weight excluding hydrogens is 208 g/mol. The Bertz CT molecular complexity index is 375. The largest absolute Gasteiger partial charge is 0.458 e. The molecule has 0 spiro atoms. The molecule has 2 bridgehead atoms. The Kier molecular flexibility index (Phi) is 1.91. The van der Waals surface area contributed by atoms with Crippen LogP contribution in [0.3, 0.4) is 0 Å². The van der Waals surface area contributed by atoms with Crippen LogP contribution in [-0.4, -0.2) is 24.1 Å². The molecule has 16 heavy (non-hydrogen) atoms. The van der Waals surface area contributed by atoms with E-state index in [0.29, 0.717) is 0 Å². The minimum Gasteiger partial charge on any atom is -0.458 e. The van der Waals surface area contributed by atoms with Crippen LogP contribution in [0.1, 0.15) is 13.3 Å². The van der Waals surface area contributed by atoms with Crippen LogP contribution in [0.25, 0.3) is 0 Å². The minimum atomic E-state index is -0.427. The van der Waals surface area contributed by atoms with Gasteiger partial charge in [0.2, 0.25) is 0 Å². The van der Waals surface area contributed by atoms with Gasteiger partial charge in [0, 0.05) is 17.9 Å². The summed E-state index contributed by atoms with van der Waals surface area (Å²) in [6, 6.07) is 0. The van der Waals surface area contributed by atoms with E-state index in [0.717, 1.165) is 12.5 Å². The van der Waals surface area contributed by atoms with Crippen molar-refractivity contribution in [3.05, 3.63) is 12.7 Å². The van der Waals surface area contributed by atoms with Gasteiger partial charge in [-0.2, -0.15) is 0 Å². The van der Waals surface area contributed by atoms with Crippen molar-refractivity contribution in [3.63, 3.8) is 0 Å². The molecule has 6 unspecified atom stereocenters. The predicted molar refractivity (Wildman–Crippen MR) is 54.2 cm³/mol. The zero-order valence-corrected chi connectivity index (χ0v) is 9.09. The first-order chi connectivity index (χ1) is 7.63. The summed E-state index contributed by atoms with van der Waals surface area (Å²) < 4.78 is 10.6. The number of fused-ring (bicyclic) bond motifs is 1. The highest BCUT2D eigenvalue weighted by Crippen LogP contribution is 2.58. The lowest BCUT2D eigenvalue weighted by atomic mass is 9.80. The molecule has 1 heterocycles. The second-order valence-corrected chi connectivity index (χ2v) is 4.96. The fourth-order valence-corrected chi connectivity index (χ4v) is 3.68. The van der Waals surface area contributed by atoms with Crippen molar-refractivity contribution in [2.24, 2.45) is 23.7 Å². The summed E-state index contributed by atoms with van der Waals surface area (Å²) >= 11 is 0. The Morgan fingerprint density at radius 2 is 2.31 bits per heavy atom. The maximum absolute atomic E-state index is 11.6. The van der Waals surface area contributed by atoms with Gasteiger partial charge in [0.25, 0.3) is 0 Å². The van der Waals surface area contributed by atoms with E-state index in [-0.39, 0.29) is 41.8 Å². The lowest BCUT2D eigenvalue weighted by Crippen LogP contribution is -2.39. The topological polar surface area (TPSA) is 52.6 Å². The lowest BCUT2D eigenvalue weighted by molar-refractivity contribution is -0.157. The molecular formula is C12H14O4. The third kappa shape index (κ3) is 1.05. The van der Waals surface area contributed by atoms with E-state index >= 15 is 0 Å². The van der Waals surface area contributed by atoms with E-state index in [4.69, 9.17) is 9.47 Å². The summed E-state index contributed by atoms with van der Waals surface area (Å²) in [5, 5.41) is 0. The second kappa shape index (κ2) is 3.09. The number of carbonyl (C=O) groups is 2. The Morgan fingerprint density at radius 1 is 1.56 bits per heavy atom. The number of rotatable bonds is 2. The summed E-state index contributed by atoms with van der Waals surface area (Å²) in [7, 11) is 0. The third-order valence-electron chi connectivity index (χ3n) is 4.36. The molecule has 0 aromatic carbocycles. The molecule has 4 nitrogen and oxygen atoms in total. The molecule has 86 valence electrons. The van der Waals surface area contributed by atoms with Gasteiger partial charge in [-0.05, 0) is 12.3 Å². The number of esters is 2. The Labute approximate surface area is 93.6 Å². The summed E-state index contributed by atoms with van der Waals surface area (Å²) in [6.45, 7) is 5.43. The van der Waals surface area contributed by atoms with Gasteiger partial charge in [0.15, 0.2) is 0 Å². The highest BCUT2D eigenvalue weighted by molar-refractivity contribution is 5.82. The van der Waals surface area contributed by atoms with Crippen LogP contribution >= 0.6 is 0 Å². The SMILES string of the molecule is C=CC(=O)OC1C2CC3C1OC(=O)C3C2C. The van der Waals surface area contributed by atoms with Crippen LogP contribution in [-0.2, 0) is 19.1 Å². The molecule has 6 atom stereocenters. The quantitative estimate of drug-likeness (QED) is 0.515. The molecule has 0 N–H and O–H groups in total.